The van der Waals surface area contributed by atoms with Crippen LogP contribution in [-0.2, 0) is 11.3 Å². The molecule has 1 aliphatic heterocycles. The summed E-state index contributed by atoms with van der Waals surface area (Å²) in [6, 6.07) is 3.51. The summed E-state index contributed by atoms with van der Waals surface area (Å²) in [7, 11) is 1.70. The van der Waals surface area contributed by atoms with E-state index in [-0.39, 0.29) is 18.3 Å². The Morgan fingerprint density at radius 3 is 2.85 bits per heavy atom. The predicted octanol–water partition coefficient (Wildman–Crippen LogP) is 1.62. The molecule has 1 aliphatic rings. The van der Waals surface area contributed by atoms with Crippen LogP contribution in [0.3, 0.4) is 0 Å². The van der Waals surface area contributed by atoms with Crippen LogP contribution in [0, 0.1) is 5.82 Å². The standard InChI is InChI=1S/C13H15BrFN3O2/c1-18-3-2-11(12(18)19)17-13(20)16-7-8-4-9(14)6-10(15)5-8/h4-6,11H,2-3,7H2,1H3,(H2,16,17,20)/t11-/m1/s1. The molecule has 1 aromatic rings. The normalized spacial score (nSPS) is 18.2. The van der Waals surface area contributed by atoms with Crippen LogP contribution < -0.4 is 10.6 Å². The first-order chi connectivity index (χ1) is 9.45. The second kappa shape index (κ2) is 6.21. The molecule has 0 bridgehead atoms. The van der Waals surface area contributed by atoms with E-state index in [2.05, 4.69) is 26.6 Å². The van der Waals surface area contributed by atoms with Gasteiger partial charge in [0.05, 0.1) is 0 Å². The molecule has 1 heterocycles. The minimum atomic E-state index is -0.473. The van der Waals surface area contributed by atoms with E-state index in [0.29, 0.717) is 23.0 Å². The Hall–Kier alpha value is -1.63. The van der Waals surface area contributed by atoms with E-state index in [9.17, 15) is 14.0 Å². The molecule has 0 radical (unpaired) electrons. The summed E-state index contributed by atoms with van der Waals surface area (Å²) in [6.45, 7) is 0.833. The van der Waals surface area contributed by atoms with Crippen LogP contribution in [0.15, 0.2) is 22.7 Å². The Morgan fingerprint density at radius 1 is 1.50 bits per heavy atom. The first kappa shape index (κ1) is 14.8. The molecule has 0 aliphatic carbocycles. The minimum absolute atomic E-state index is 0.0892. The summed E-state index contributed by atoms with van der Waals surface area (Å²) in [5.74, 6) is -0.460. The number of amides is 3. The number of hydrogen-bond donors (Lipinski definition) is 2. The number of urea groups is 1. The summed E-state index contributed by atoms with van der Waals surface area (Å²) < 4.78 is 13.8. The molecule has 1 fully saturated rings. The summed E-state index contributed by atoms with van der Waals surface area (Å²) in [4.78, 5) is 24.9. The third kappa shape index (κ3) is 3.69. The highest BCUT2D eigenvalue weighted by Crippen LogP contribution is 2.14. The fraction of sp³-hybridized carbons (Fsp3) is 0.385. The molecular formula is C13H15BrFN3O2. The minimum Gasteiger partial charge on any atom is -0.344 e. The Morgan fingerprint density at radius 2 is 2.25 bits per heavy atom. The van der Waals surface area contributed by atoms with E-state index in [1.54, 1.807) is 18.0 Å². The lowest BCUT2D eigenvalue weighted by Crippen LogP contribution is -2.45. The van der Waals surface area contributed by atoms with E-state index < -0.39 is 12.1 Å². The van der Waals surface area contributed by atoms with Gasteiger partial charge in [-0.2, -0.15) is 0 Å². The summed E-state index contributed by atoms with van der Waals surface area (Å²) >= 11 is 3.19. The Labute approximate surface area is 124 Å². The third-order valence-electron chi connectivity index (χ3n) is 3.11. The molecule has 1 aromatic carbocycles. The summed E-state index contributed by atoms with van der Waals surface area (Å²) in [5, 5.41) is 5.22. The lowest BCUT2D eigenvalue weighted by Gasteiger charge is -2.13. The van der Waals surface area contributed by atoms with Crippen molar-refractivity contribution in [3.8, 4) is 0 Å². The molecule has 2 rings (SSSR count). The topological polar surface area (TPSA) is 61.4 Å². The molecule has 108 valence electrons. The lowest BCUT2D eigenvalue weighted by molar-refractivity contribution is -0.128. The molecule has 5 nitrogen and oxygen atoms in total. The maximum atomic E-state index is 13.2. The van der Waals surface area contributed by atoms with Gasteiger partial charge in [0.15, 0.2) is 0 Å². The van der Waals surface area contributed by atoms with Crippen molar-refractivity contribution in [2.75, 3.05) is 13.6 Å². The van der Waals surface area contributed by atoms with Gasteiger partial charge in [-0.3, -0.25) is 4.79 Å². The van der Waals surface area contributed by atoms with Gasteiger partial charge in [0.1, 0.15) is 11.9 Å². The van der Waals surface area contributed by atoms with Crippen LogP contribution in [0.2, 0.25) is 0 Å². The Kier molecular flexibility index (Phi) is 4.59. The van der Waals surface area contributed by atoms with Gasteiger partial charge in [0.2, 0.25) is 5.91 Å². The van der Waals surface area contributed by atoms with Crippen LogP contribution >= 0.6 is 15.9 Å². The van der Waals surface area contributed by atoms with Crippen molar-refractivity contribution in [1.29, 1.82) is 0 Å². The maximum Gasteiger partial charge on any atom is 0.315 e. The first-order valence-corrected chi connectivity index (χ1v) is 6.99. The lowest BCUT2D eigenvalue weighted by atomic mass is 10.2. The number of carbonyl (C=O) groups excluding carboxylic acids is 2. The van der Waals surface area contributed by atoms with Crippen molar-refractivity contribution in [2.45, 2.75) is 19.0 Å². The molecule has 3 amide bonds. The van der Waals surface area contributed by atoms with E-state index in [1.165, 1.54) is 12.1 Å². The Bertz CT molecular complexity index is 518. The van der Waals surface area contributed by atoms with Crippen molar-refractivity contribution in [3.63, 3.8) is 0 Å². The highest BCUT2D eigenvalue weighted by molar-refractivity contribution is 9.10. The van der Waals surface area contributed by atoms with Crippen LogP contribution in [0.1, 0.15) is 12.0 Å². The predicted molar refractivity (Wildman–Crippen MR) is 75.5 cm³/mol. The number of rotatable bonds is 3. The maximum absolute atomic E-state index is 13.2. The van der Waals surface area contributed by atoms with E-state index >= 15 is 0 Å². The van der Waals surface area contributed by atoms with Gasteiger partial charge in [-0.25, -0.2) is 9.18 Å². The molecule has 7 heteroatoms. The smallest absolute Gasteiger partial charge is 0.315 e. The molecule has 1 saturated heterocycles. The number of likely N-dealkylation sites (N-methyl/N-ethyl adjacent to an activating group) is 1. The van der Waals surface area contributed by atoms with Gasteiger partial charge in [-0.15, -0.1) is 0 Å². The number of benzene rings is 1. The second-order valence-corrected chi connectivity index (χ2v) is 5.62. The average Bonchev–Trinajstić information content (AvgIpc) is 2.67. The van der Waals surface area contributed by atoms with Gasteiger partial charge in [-0.1, -0.05) is 15.9 Å². The first-order valence-electron chi connectivity index (χ1n) is 6.20. The summed E-state index contributed by atoms with van der Waals surface area (Å²) in [5.41, 5.74) is 0.641. The van der Waals surface area contributed by atoms with Gasteiger partial charge < -0.3 is 15.5 Å². The van der Waals surface area contributed by atoms with Crippen LogP contribution in [0.25, 0.3) is 0 Å². The van der Waals surface area contributed by atoms with Crippen molar-refractivity contribution >= 4 is 27.9 Å². The molecular weight excluding hydrogens is 329 g/mol. The van der Waals surface area contributed by atoms with E-state index in [4.69, 9.17) is 0 Å². The van der Waals surface area contributed by atoms with Crippen LogP contribution in [-0.4, -0.2) is 36.5 Å². The molecule has 0 aromatic heterocycles. The monoisotopic (exact) mass is 343 g/mol. The third-order valence-corrected chi connectivity index (χ3v) is 3.57. The van der Waals surface area contributed by atoms with Gasteiger partial charge in [0.25, 0.3) is 0 Å². The van der Waals surface area contributed by atoms with E-state index in [1.807, 2.05) is 0 Å². The van der Waals surface area contributed by atoms with Crippen molar-refractivity contribution in [2.24, 2.45) is 0 Å². The van der Waals surface area contributed by atoms with Gasteiger partial charge in [0, 0.05) is 24.6 Å². The zero-order chi connectivity index (χ0) is 14.7. The molecule has 2 N–H and O–H groups in total. The Balaban J connectivity index is 1.85. The van der Waals surface area contributed by atoms with Crippen LogP contribution in [0.4, 0.5) is 9.18 Å². The van der Waals surface area contributed by atoms with Gasteiger partial charge in [-0.05, 0) is 30.2 Å². The van der Waals surface area contributed by atoms with Gasteiger partial charge >= 0.3 is 6.03 Å². The van der Waals surface area contributed by atoms with E-state index in [0.717, 1.165) is 0 Å². The fourth-order valence-electron chi connectivity index (χ4n) is 2.06. The average molecular weight is 344 g/mol. The van der Waals surface area contributed by atoms with Crippen molar-refractivity contribution in [1.82, 2.24) is 15.5 Å². The highest BCUT2D eigenvalue weighted by atomic mass is 79.9. The number of hydrogen-bond acceptors (Lipinski definition) is 2. The number of likely N-dealkylation sites (tertiary alicyclic amines) is 1. The highest BCUT2D eigenvalue weighted by Gasteiger charge is 2.29. The molecule has 0 spiro atoms. The number of halogens is 2. The van der Waals surface area contributed by atoms with Crippen molar-refractivity contribution < 1.29 is 14.0 Å². The molecule has 0 saturated carbocycles. The second-order valence-electron chi connectivity index (χ2n) is 4.71. The molecule has 0 unspecified atom stereocenters. The molecule has 1 atom stereocenters. The van der Waals surface area contributed by atoms with Crippen molar-refractivity contribution in [3.05, 3.63) is 34.1 Å². The SMILES string of the molecule is CN1CC[C@@H](NC(=O)NCc2cc(F)cc(Br)c2)C1=O. The number of nitrogens with zero attached hydrogens (tertiary/aromatic N) is 1. The zero-order valence-corrected chi connectivity index (χ0v) is 12.5. The molecule has 20 heavy (non-hydrogen) atoms. The quantitative estimate of drug-likeness (QED) is 0.875. The largest absolute Gasteiger partial charge is 0.344 e. The fourth-order valence-corrected chi connectivity index (χ4v) is 2.57. The zero-order valence-electron chi connectivity index (χ0n) is 11.0. The summed E-state index contributed by atoms with van der Waals surface area (Å²) in [6.07, 6.45) is 0.605. The number of nitrogens with one attached hydrogen (secondary N) is 2. The number of carbonyl (C=O) groups is 2. The van der Waals surface area contributed by atoms with Crippen LogP contribution in [0.5, 0.6) is 0 Å².